The smallest absolute Gasteiger partial charge is 0.350 e. The summed E-state index contributed by atoms with van der Waals surface area (Å²) in [7, 11) is 0. The standard InChI is InChI=1S/C19H15FN2O3S/c1-11-17(26-18(22-11)15-5-3-4-10-21-15)19(24)25-12(2)16(23)13-6-8-14(20)9-7-13/h3-10,12H,1-2H3/t12-/m0/s1. The van der Waals surface area contributed by atoms with E-state index in [1.54, 1.807) is 25.3 Å². The van der Waals surface area contributed by atoms with E-state index in [0.29, 0.717) is 21.3 Å². The number of pyridine rings is 1. The van der Waals surface area contributed by atoms with Gasteiger partial charge >= 0.3 is 5.97 Å². The number of aromatic nitrogens is 2. The van der Waals surface area contributed by atoms with Gasteiger partial charge in [0.15, 0.2) is 6.10 Å². The summed E-state index contributed by atoms with van der Waals surface area (Å²) in [5, 5.41) is 0.604. The first-order chi connectivity index (χ1) is 12.5. The first kappa shape index (κ1) is 17.9. The fourth-order valence-electron chi connectivity index (χ4n) is 2.30. The molecule has 0 fully saturated rings. The van der Waals surface area contributed by atoms with Crippen molar-refractivity contribution in [2.24, 2.45) is 0 Å². The van der Waals surface area contributed by atoms with Gasteiger partial charge in [-0.15, -0.1) is 11.3 Å². The molecule has 0 aliphatic heterocycles. The van der Waals surface area contributed by atoms with Crippen molar-refractivity contribution in [2.45, 2.75) is 20.0 Å². The molecule has 0 spiro atoms. The number of hydrogen-bond acceptors (Lipinski definition) is 6. The summed E-state index contributed by atoms with van der Waals surface area (Å²) < 4.78 is 18.2. The van der Waals surface area contributed by atoms with Crippen LogP contribution in [0, 0.1) is 12.7 Å². The number of nitrogens with zero attached hydrogens (tertiary/aromatic N) is 2. The SMILES string of the molecule is Cc1nc(-c2ccccn2)sc1C(=O)O[C@@H](C)C(=O)c1ccc(F)cc1. The quantitative estimate of drug-likeness (QED) is 0.500. The Kier molecular flexibility index (Phi) is 5.18. The molecule has 2 aromatic heterocycles. The Bertz CT molecular complexity index is 939. The molecule has 0 aliphatic rings. The van der Waals surface area contributed by atoms with Gasteiger partial charge in [0.1, 0.15) is 15.7 Å². The van der Waals surface area contributed by atoms with Crippen LogP contribution in [0.3, 0.4) is 0 Å². The van der Waals surface area contributed by atoms with E-state index in [1.807, 2.05) is 6.07 Å². The Labute approximate surface area is 153 Å². The Balaban J connectivity index is 1.74. The maximum atomic E-state index is 13.0. The number of halogens is 1. The third-order valence-electron chi connectivity index (χ3n) is 3.65. The summed E-state index contributed by atoms with van der Waals surface area (Å²) >= 11 is 1.16. The molecule has 3 aromatic rings. The highest BCUT2D eigenvalue weighted by Crippen LogP contribution is 2.27. The molecule has 1 aromatic carbocycles. The van der Waals surface area contributed by atoms with Crippen molar-refractivity contribution in [3.05, 3.63) is 70.6 Å². The molecule has 2 heterocycles. The van der Waals surface area contributed by atoms with Gasteiger partial charge in [0.25, 0.3) is 0 Å². The lowest BCUT2D eigenvalue weighted by molar-refractivity contribution is 0.0322. The van der Waals surface area contributed by atoms with Crippen molar-refractivity contribution in [3.8, 4) is 10.7 Å². The maximum Gasteiger partial charge on any atom is 0.350 e. The average molecular weight is 370 g/mol. The molecule has 0 bridgehead atoms. The third kappa shape index (κ3) is 3.83. The predicted octanol–water partition coefficient (Wildman–Crippen LogP) is 4.08. The Morgan fingerprint density at radius 2 is 1.88 bits per heavy atom. The second-order valence-corrected chi connectivity index (χ2v) is 6.57. The van der Waals surface area contributed by atoms with Crippen LogP contribution in [0.25, 0.3) is 10.7 Å². The second-order valence-electron chi connectivity index (χ2n) is 5.57. The van der Waals surface area contributed by atoms with Crippen molar-refractivity contribution < 1.29 is 18.7 Å². The van der Waals surface area contributed by atoms with Crippen molar-refractivity contribution in [1.29, 1.82) is 0 Å². The van der Waals surface area contributed by atoms with Crippen molar-refractivity contribution in [1.82, 2.24) is 9.97 Å². The van der Waals surface area contributed by atoms with Crippen LogP contribution in [0.4, 0.5) is 4.39 Å². The first-order valence-corrected chi connectivity index (χ1v) is 8.67. The van der Waals surface area contributed by atoms with Crippen LogP contribution in [-0.2, 0) is 4.74 Å². The minimum Gasteiger partial charge on any atom is -0.450 e. The average Bonchev–Trinajstić information content (AvgIpc) is 3.04. The number of esters is 1. The van der Waals surface area contributed by atoms with Gasteiger partial charge in [0.2, 0.25) is 5.78 Å². The van der Waals surface area contributed by atoms with E-state index in [2.05, 4.69) is 9.97 Å². The number of carbonyl (C=O) groups is 2. The molecule has 0 amide bonds. The van der Waals surface area contributed by atoms with Gasteiger partial charge in [-0.1, -0.05) is 6.07 Å². The van der Waals surface area contributed by atoms with Crippen molar-refractivity contribution in [3.63, 3.8) is 0 Å². The molecule has 0 unspecified atom stereocenters. The fraction of sp³-hybridized carbons (Fsp3) is 0.158. The van der Waals surface area contributed by atoms with E-state index in [4.69, 9.17) is 4.74 Å². The normalized spacial score (nSPS) is 11.8. The summed E-state index contributed by atoms with van der Waals surface area (Å²) in [6.07, 6.45) is 0.654. The minimum atomic E-state index is -0.993. The predicted molar refractivity (Wildman–Crippen MR) is 95.7 cm³/mol. The van der Waals surface area contributed by atoms with E-state index in [-0.39, 0.29) is 5.56 Å². The van der Waals surface area contributed by atoms with Gasteiger partial charge in [0.05, 0.1) is 11.4 Å². The molecule has 0 aliphatic carbocycles. The molecule has 5 nitrogen and oxygen atoms in total. The molecule has 1 atom stereocenters. The highest BCUT2D eigenvalue weighted by atomic mass is 32.1. The zero-order chi connectivity index (χ0) is 18.7. The van der Waals surface area contributed by atoms with Crippen LogP contribution in [0.1, 0.15) is 32.6 Å². The lowest BCUT2D eigenvalue weighted by Gasteiger charge is -2.11. The number of hydrogen-bond donors (Lipinski definition) is 0. The highest BCUT2D eigenvalue weighted by molar-refractivity contribution is 7.17. The Hall–Kier alpha value is -2.93. The number of carbonyl (C=O) groups excluding carboxylic acids is 2. The lowest BCUT2D eigenvalue weighted by Crippen LogP contribution is -2.24. The van der Waals surface area contributed by atoms with Gasteiger partial charge < -0.3 is 4.74 Å². The molecule has 0 saturated heterocycles. The largest absolute Gasteiger partial charge is 0.450 e. The maximum absolute atomic E-state index is 13.0. The topological polar surface area (TPSA) is 69.2 Å². The van der Waals surface area contributed by atoms with E-state index in [1.165, 1.54) is 31.2 Å². The zero-order valence-electron chi connectivity index (χ0n) is 14.1. The number of benzene rings is 1. The summed E-state index contributed by atoms with van der Waals surface area (Å²) in [5.74, 6) is -1.45. The molecular formula is C19H15FN2O3S. The van der Waals surface area contributed by atoms with Gasteiger partial charge in [-0.25, -0.2) is 14.2 Å². The van der Waals surface area contributed by atoms with Gasteiger partial charge in [-0.05, 0) is 50.2 Å². The van der Waals surface area contributed by atoms with Crippen LogP contribution in [0.2, 0.25) is 0 Å². The summed E-state index contributed by atoms with van der Waals surface area (Å²) in [6.45, 7) is 3.19. The molecule has 0 saturated carbocycles. The number of rotatable bonds is 5. The molecule has 7 heteroatoms. The van der Waals surface area contributed by atoms with Gasteiger partial charge in [-0.3, -0.25) is 9.78 Å². The Morgan fingerprint density at radius 3 is 2.54 bits per heavy atom. The molecule has 26 heavy (non-hydrogen) atoms. The van der Waals surface area contributed by atoms with Crippen molar-refractivity contribution >= 4 is 23.1 Å². The summed E-state index contributed by atoms with van der Waals surface area (Å²) in [4.78, 5) is 33.6. The lowest BCUT2D eigenvalue weighted by atomic mass is 10.1. The summed E-state index contributed by atoms with van der Waals surface area (Å²) in [5.41, 5.74) is 1.46. The van der Waals surface area contributed by atoms with Gasteiger partial charge in [0, 0.05) is 11.8 Å². The van der Waals surface area contributed by atoms with Crippen molar-refractivity contribution in [2.75, 3.05) is 0 Å². The molecule has 3 rings (SSSR count). The van der Waals surface area contributed by atoms with Crippen LogP contribution in [0.5, 0.6) is 0 Å². The number of ketones is 1. The monoisotopic (exact) mass is 370 g/mol. The zero-order valence-corrected chi connectivity index (χ0v) is 14.9. The number of ether oxygens (including phenoxy) is 1. The second kappa shape index (κ2) is 7.53. The first-order valence-electron chi connectivity index (χ1n) is 7.85. The van der Waals surface area contributed by atoms with E-state index < -0.39 is 23.7 Å². The van der Waals surface area contributed by atoms with Crippen LogP contribution < -0.4 is 0 Å². The molecule has 0 radical (unpaired) electrons. The van der Waals surface area contributed by atoms with E-state index in [0.717, 1.165) is 11.3 Å². The third-order valence-corrected chi connectivity index (χ3v) is 4.81. The highest BCUT2D eigenvalue weighted by Gasteiger charge is 2.24. The van der Waals surface area contributed by atoms with E-state index in [9.17, 15) is 14.0 Å². The summed E-state index contributed by atoms with van der Waals surface area (Å²) in [6, 6.07) is 10.5. The minimum absolute atomic E-state index is 0.280. The van der Waals surface area contributed by atoms with Crippen LogP contribution >= 0.6 is 11.3 Å². The number of Topliss-reactive ketones (excluding diaryl/α,β-unsaturated/α-hetero) is 1. The van der Waals surface area contributed by atoms with Crippen LogP contribution in [-0.4, -0.2) is 27.8 Å². The number of thiazole rings is 1. The Morgan fingerprint density at radius 1 is 1.15 bits per heavy atom. The van der Waals surface area contributed by atoms with Crippen LogP contribution in [0.15, 0.2) is 48.7 Å². The van der Waals surface area contributed by atoms with Gasteiger partial charge in [-0.2, -0.15) is 0 Å². The molecular weight excluding hydrogens is 355 g/mol. The number of aryl methyl sites for hydroxylation is 1. The molecule has 0 N–H and O–H groups in total. The fourth-order valence-corrected chi connectivity index (χ4v) is 3.23. The van der Waals surface area contributed by atoms with E-state index >= 15 is 0 Å². The molecule has 132 valence electrons.